The molecular weight excluding hydrogens is 196 g/mol. The summed E-state index contributed by atoms with van der Waals surface area (Å²) in [5.74, 6) is 0.807. The molecule has 1 aliphatic carbocycles. The highest BCUT2D eigenvalue weighted by Crippen LogP contribution is 2.26. The zero-order valence-electron chi connectivity index (χ0n) is 9.73. The Labute approximate surface area is 97.2 Å². The number of carbonyl (C=O) groups is 1. The van der Waals surface area contributed by atoms with Gasteiger partial charge in [-0.1, -0.05) is 55.8 Å². The van der Waals surface area contributed by atoms with Gasteiger partial charge in [-0.2, -0.15) is 0 Å². The number of carbonyl (C=O) groups excluding carboxylic acids is 1. The van der Waals surface area contributed by atoms with Crippen molar-refractivity contribution in [2.75, 3.05) is 0 Å². The van der Waals surface area contributed by atoms with E-state index >= 15 is 0 Å². The summed E-state index contributed by atoms with van der Waals surface area (Å²) in [6.45, 7) is 2.05. The first-order valence-electron chi connectivity index (χ1n) is 6.04. The molecule has 1 aromatic rings. The minimum Gasteiger partial charge on any atom is -0.299 e. The van der Waals surface area contributed by atoms with E-state index < -0.39 is 0 Å². The number of hydrogen-bond donors (Lipinski definition) is 0. The topological polar surface area (TPSA) is 17.1 Å². The summed E-state index contributed by atoms with van der Waals surface area (Å²) in [5.41, 5.74) is 1.17. The van der Waals surface area contributed by atoms with Crippen LogP contribution in [0.5, 0.6) is 0 Å². The first kappa shape index (κ1) is 11.1. The molecule has 1 heteroatoms. The molecule has 0 aromatic heterocycles. The Morgan fingerprint density at radius 2 is 1.94 bits per heavy atom. The lowest BCUT2D eigenvalue weighted by Crippen LogP contribution is -2.24. The minimum absolute atomic E-state index is 0.143. The maximum absolute atomic E-state index is 11.9. The van der Waals surface area contributed by atoms with Crippen molar-refractivity contribution in [1.82, 2.24) is 0 Å². The molecular formula is C15H18O. The molecule has 16 heavy (non-hydrogen) atoms. The fraction of sp³-hybridized carbons (Fsp3) is 0.400. The van der Waals surface area contributed by atoms with Gasteiger partial charge in [0.1, 0.15) is 5.78 Å². The van der Waals surface area contributed by atoms with E-state index in [0.717, 1.165) is 12.8 Å². The van der Waals surface area contributed by atoms with E-state index in [1.807, 2.05) is 25.1 Å². The molecule has 0 amide bonds. The van der Waals surface area contributed by atoms with E-state index in [1.54, 1.807) is 0 Å². The molecule has 0 heterocycles. The third-order valence-corrected chi connectivity index (χ3v) is 3.32. The van der Waals surface area contributed by atoms with Crippen LogP contribution in [0.4, 0.5) is 0 Å². The van der Waals surface area contributed by atoms with Gasteiger partial charge in [0, 0.05) is 11.8 Å². The Morgan fingerprint density at radius 3 is 2.69 bits per heavy atom. The Bertz CT molecular complexity index is 378. The molecule has 84 valence electrons. The standard InChI is InChI=1S/C15H18O/c1-12-6-5-9-14(15(12)16)11-10-13-7-3-2-4-8-13/h2-4,7-8,10-12,14H,5-6,9H2,1H3/b11-10+. The van der Waals surface area contributed by atoms with E-state index in [9.17, 15) is 4.79 Å². The van der Waals surface area contributed by atoms with Crippen LogP contribution in [0.1, 0.15) is 31.7 Å². The molecule has 1 nitrogen and oxygen atoms in total. The lowest BCUT2D eigenvalue weighted by molar-refractivity contribution is -0.126. The van der Waals surface area contributed by atoms with Crippen LogP contribution in [0.2, 0.25) is 0 Å². The number of allylic oxidation sites excluding steroid dienone is 1. The highest BCUT2D eigenvalue weighted by Gasteiger charge is 2.25. The van der Waals surface area contributed by atoms with Crippen molar-refractivity contribution >= 4 is 11.9 Å². The normalized spacial score (nSPS) is 26.2. The number of hydrogen-bond acceptors (Lipinski definition) is 1. The Morgan fingerprint density at radius 1 is 1.19 bits per heavy atom. The van der Waals surface area contributed by atoms with Crippen LogP contribution in [0.15, 0.2) is 36.4 Å². The summed E-state index contributed by atoms with van der Waals surface area (Å²) in [5, 5.41) is 0. The number of ketones is 1. The monoisotopic (exact) mass is 214 g/mol. The first-order chi connectivity index (χ1) is 7.77. The van der Waals surface area contributed by atoms with Crippen molar-refractivity contribution in [2.45, 2.75) is 26.2 Å². The average Bonchev–Trinajstić information content (AvgIpc) is 2.32. The third kappa shape index (κ3) is 2.60. The van der Waals surface area contributed by atoms with E-state index in [0.29, 0.717) is 5.78 Å². The van der Waals surface area contributed by atoms with Gasteiger partial charge in [-0.05, 0) is 18.4 Å². The predicted molar refractivity (Wildman–Crippen MR) is 67.0 cm³/mol. The zero-order chi connectivity index (χ0) is 11.4. The van der Waals surface area contributed by atoms with E-state index in [4.69, 9.17) is 0 Å². The third-order valence-electron chi connectivity index (χ3n) is 3.32. The van der Waals surface area contributed by atoms with Crippen LogP contribution in [0.3, 0.4) is 0 Å². The smallest absolute Gasteiger partial charge is 0.142 e. The largest absolute Gasteiger partial charge is 0.299 e. The summed E-state index contributed by atoms with van der Waals surface area (Å²) in [6.07, 6.45) is 7.41. The van der Waals surface area contributed by atoms with Crippen molar-refractivity contribution < 1.29 is 4.79 Å². The Kier molecular flexibility index (Phi) is 3.55. The zero-order valence-corrected chi connectivity index (χ0v) is 9.73. The molecule has 0 saturated heterocycles. The van der Waals surface area contributed by atoms with Crippen molar-refractivity contribution in [3.05, 3.63) is 42.0 Å². The van der Waals surface area contributed by atoms with Gasteiger partial charge in [-0.25, -0.2) is 0 Å². The van der Waals surface area contributed by atoms with Crippen LogP contribution >= 0.6 is 0 Å². The lowest BCUT2D eigenvalue weighted by atomic mass is 9.81. The fourth-order valence-corrected chi connectivity index (χ4v) is 2.28. The molecule has 0 spiro atoms. The van der Waals surface area contributed by atoms with Crippen molar-refractivity contribution in [3.63, 3.8) is 0 Å². The fourth-order valence-electron chi connectivity index (χ4n) is 2.28. The van der Waals surface area contributed by atoms with Crippen LogP contribution in [0, 0.1) is 11.8 Å². The van der Waals surface area contributed by atoms with Crippen LogP contribution in [0.25, 0.3) is 6.08 Å². The molecule has 0 bridgehead atoms. The maximum atomic E-state index is 11.9. The highest BCUT2D eigenvalue weighted by molar-refractivity contribution is 5.86. The Hall–Kier alpha value is -1.37. The summed E-state index contributed by atoms with van der Waals surface area (Å²) in [7, 11) is 0. The summed E-state index contributed by atoms with van der Waals surface area (Å²) in [4.78, 5) is 11.9. The van der Waals surface area contributed by atoms with Gasteiger partial charge in [0.05, 0.1) is 0 Å². The average molecular weight is 214 g/mol. The molecule has 1 fully saturated rings. The summed E-state index contributed by atoms with van der Waals surface area (Å²) in [6, 6.07) is 10.2. The van der Waals surface area contributed by atoms with Gasteiger partial charge < -0.3 is 0 Å². The van der Waals surface area contributed by atoms with Crippen molar-refractivity contribution in [1.29, 1.82) is 0 Å². The van der Waals surface area contributed by atoms with Crippen LogP contribution < -0.4 is 0 Å². The predicted octanol–water partition coefficient (Wildman–Crippen LogP) is 3.71. The second kappa shape index (κ2) is 5.11. The van der Waals surface area contributed by atoms with Crippen molar-refractivity contribution in [2.24, 2.45) is 11.8 Å². The maximum Gasteiger partial charge on any atom is 0.142 e. The molecule has 1 aromatic carbocycles. The van der Waals surface area contributed by atoms with Gasteiger partial charge in [0.15, 0.2) is 0 Å². The second-order valence-electron chi connectivity index (χ2n) is 4.61. The molecule has 2 rings (SSSR count). The number of rotatable bonds is 2. The van der Waals surface area contributed by atoms with Crippen LogP contribution in [-0.2, 0) is 4.79 Å². The van der Waals surface area contributed by atoms with E-state index in [2.05, 4.69) is 24.3 Å². The van der Waals surface area contributed by atoms with Crippen LogP contribution in [-0.4, -0.2) is 5.78 Å². The van der Waals surface area contributed by atoms with Gasteiger partial charge >= 0.3 is 0 Å². The molecule has 1 saturated carbocycles. The molecule has 0 radical (unpaired) electrons. The first-order valence-corrected chi connectivity index (χ1v) is 6.04. The van der Waals surface area contributed by atoms with Crippen molar-refractivity contribution in [3.8, 4) is 0 Å². The molecule has 2 unspecified atom stereocenters. The SMILES string of the molecule is CC1CCCC(/C=C/c2ccccc2)C1=O. The number of benzene rings is 1. The van der Waals surface area contributed by atoms with E-state index in [1.165, 1.54) is 12.0 Å². The number of Topliss-reactive ketones (excluding diaryl/α,β-unsaturated/α-hetero) is 1. The highest BCUT2D eigenvalue weighted by atomic mass is 16.1. The molecule has 0 N–H and O–H groups in total. The van der Waals surface area contributed by atoms with Gasteiger partial charge in [-0.3, -0.25) is 4.79 Å². The van der Waals surface area contributed by atoms with Gasteiger partial charge in [0.25, 0.3) is 0 Å². The lowest BCUT2D eigenvalue weighted by Gasteiger charge is -2.22. The molecule has 1 aliphatic rings. The van der Waals surface area contributed by atoms with Gasteiger partial charge in [-0.15, -0.1) is 0 Å². The minimum atomic E-state index is 0.143. The summed E-state index contributed by atoms with van der Waals surface area (Å²) >= 11 is 0. The molecule has 0 aliphatic heterocycles. The quantitative estimate of drug-likeness (QED) is 0.733. The van der Waals surface area contributed by atoms with E-state index in [-0.39, 0.29) is 11.8 Å². The van der Waals surface area contributed by atoms with Gasteiger partial charge in [0.2, 0.25) is 0 Å². The summed E-state index contributed by atoms with van der Waals surface area (Å²) < 4.78 is 0. The second-order valence-corrected chi connectivity index (χ2v) is 4.61. The molecule has 2 atom stereocenters. The Balaban J connectivity index is 2.04.